The monoisotopic (exact) mass is 381 g/mol. The molecule has 5 nitrogen and oxygen atoms in total. The second-order valence-corrected chi connectivity index (χ2v) is 8.53. The Morgan fingerprint density at radius 1 is 0.964 bits per heavy atom. The maximum Gasteiger partial charge on any atom is 0.115 e. The predicted molar refractivity (Wildman–Crippen MR) is 110 cm³/mol. The molecule has 150 valence electrons. The van der Waals surface area contributed by atoms with Gasteiger partial charge in [0.05, 0.1) is 0 Å². The molecule has 2 fully saturated rings. The van der Waals surface area contributed by atoms with Crippen molar-refractivity contribution in [1.29, 1.82) is 0 Å². The summed E-state index contributed by atoms with van der Waals surface area (Å²) in [4.78, 5) is 9.18. The van der Waals surface area contributed by atoms with E-state index in [9.17, 15) is 10.2 Å². The molecule has 1 aromatic carbocycles. The zero-order valence-corrected chi connectivity index (χ0v) is 16.5. The van der Waals surface area contributed by atoms with E-state index in [2.05, 4.69) is 26.9 Å². The lowest BCUT2D eigenvalue weighted by atomic mass is 9.64. The minimum absolute atomic E-state index is 0.273. The molecule has 2 saturated heterocycles. The van der Waals surface area contributed by atoms with E-state index in [1.807, 2.05) is 30.6 Å². The zero-order chi connectivity index (χ0) is 19.4. The molecule has 0 saturated carbocycles. The second kappa shape index (κ2) is 8.60. The summed E-state index contributed by atoms with van der Waals surface area (Å²) in [5.74, 6) is 0.688. The van der Waals surface area contributed by atoms with E-state index in [-0.39, 0.29) is 12.0 Å². The molecule has 1 spiro atoms. The summed E-state index contributed by atoms with van der Waals surface area (Å²) in [5, 5.41) is 19.8. The Bertz CT molecular complexity index is 759. The molecular formula is C23H31N3O2. The van der Waals surface area contributed by atoms with E-state index in [0.29, 0.717) is 11.7 Å². The molecule has 28 heavy (non-hydrogen) atoms. The van der Waals surface area contributed by atoms with Gasteiger partial charge in [-0.2, -0.15) is 0 Å². The highest BCUT2D eigenvalue weighted by Gasteiger charge is 2.44. The minimum atomic E-state index is 0.273. The van der Waals surface area contributed by atoms with E-state index in [1.54, 1.807) is 6.07 Å². The number of aliphatic hydroxyl groups is 1. The van der Waals surface area contributed by atoms with Crippen molar-refractivity contribution in [3.8, 4) is 5.75 Å². The van der Waals surface area contributed by atoms with Gasteiger partial charge in [0.15, 0.2) is 0 Å². The lowest BCUT2D eigenvalue weighted by molar-refractivity contribution is -0.0450. The van der Waals surface area contributed by atoms with E-state index < -0.39 is 0 Å². The number of phenols is 1. The number of likely N-dealkylation sites (tertiary alicyclic amines) is 2. The van der Waals surface area contributed by atoms with E-state index in [4.69, 9.17) is 0 Å². The van der Waals surface area contributed by atoms with Crippen molar-refractivity contribution in [2.75, 3.05) is 32.8 Å². The number of aromatic nitrogens is 1. The van der Waals surface area contributed by atoms with E-state index in [1.165, 1.54) is 17.5 Å². The average molecular weight is 382 g/mol. The molecule has 2 N–H and O–H groups in total. The van der Waals surface area contributed by atoms with Gasteiger partial charge < -0.3 is 10.2 Å². The SMILES string of the molecule is OCC1CN(Cc2cccnc2)CCC12CCN(Cc1cccc(O)c1)CC2. The summed E-state index contributed by atoms with van der Waals surface area (Å²) < 4.78 is 0. The van der Waals surface area contributed by atoms with Crippen LogP contribution in [0.3, 0.4) is 0 Å². The third-order valence-corrected chi connectivity index (χ3v) is 6.79. The van der Waals surface area contributed by atoms with Crippen molar-refractivity contribution in [2.24, 2.45) is 11.3 Å². The van der Waals surface area contributed by atoms with Crippen molar-refractivity contribution in [1.82, 2.24) is 14.8 Å². The Balaban J connectivity index is 1.34. The van der Waals surface area contributed by atoms with Gasteiger partial charge in [-0.3, -0.25) is 14.8 Å². The number of nitrogens with zero attached hydrogens (tertiary/aromatic N) is 3. The van der Waals surface area contributed by atoms with Gasteiger partial charge in [0, 0.05) is 44.6 Å². The number of rotatable bonds is 5. The topological polar surface area (TPSA) is 59.8 Å². The van der Waals surface area contributed by atoms with Gasteiger partial charge in [0.2, 0.25) is 0 Å². The maximum atomic E-state index is 10.1. The number of piperidine rings is 2. The maximum absolute atomic E-state index is 10.1. The highest BCUT2D eigenvalue weighted by Crippen LogP contribution is 2.45. The standard InChI is InChI=1S/C23H31N3O2/c27-18-21-17-26(16-20-4-2-9-24-14-20)12-8-23(21)6-10-25(11-7-23)15-19-3-1-5-22(28)13-19/h1-5,9,13-14,21,27-28H,6-8,10-12,15-18H2. The van der Waals surface area contributed by atoms with Crippen LogP contribution >= 0.6 is 0 Å². The van der Waals surface area contributed by atoms with Crippen LogP contribution in [0.25, 0.3) is 0 Å². The van der Waals surface area contributed by atoms with Gasteiger partial charge in [-0.05, 0) is 73.6 Å². The molecule has 0 amide bonds. The van der Waals surface area contributed by atoms with Crippen LogP contribution in [-0.4, -0.2) is 57.8 Å². The summed E-state index contributed by atoms with van der Waals surface area (Å²) in [7, 11) is 0. The highest BCUT2D eigenvalue weighted by atomic mass is 16.3. The van der Waals surface area contributed by atoms with E-state index >= 15 is 0 Å². The molecule has 0 aliphatic carbocycles. The number of aromatic hydroxyl groups is 1. The molecule has 2 aliphatic heterocycles. The number of hydrogen-bond donors (Lipinski definition) is 2. The van der Waals surface area contributed by atoms with Crippen LogP contribution in [0.5, 0.6) is 5.75 Å². The first-order valence-corrected chi connectivity index (χ1v) is 10.4. The molecule has 3 heterocycles. The molecule has 1 atom stereocenters. The first kappa shape index (κ1) is 19.4. The molecule has 0 bridgehead atoms. The van der Waals surface area contributed by atoms with Gasteiger partial charge in [-0.25, -0.2) is 0 Å². The fourth-order valence-electron chi connectivity index (χ4n) is 5.05. The van der Waals surface area contributed by atoms with Crippen molar-refractivity contribution < 1.29 is 10.2 Å². The number of phenolic OH excluding ortho intramolecular Hbond substituents is 1. The second-order valence-electron chi connectivity index (χ2n) is 8.53. The number of benzene rings is 1. The van der Waals surface area contributed by atoms with Crippen LogP contribution in [-0.2, 0) is 13.1 Å². The minimum Gasteiger partial charge on any atom is -0.508 e. The molecule has 1 unspecified atom stereocenters. The van der Waals surface area contributed by atoms with Crippen molar-refractivity contribution in [3.63, 3.8) is 0 Å². The zero-order valence-electron chi connectivity index (χ0n) is 16.5. The summed E-state index contributed by atoms with van der Waals surface area (Å²) >= 11 is 0. The Hall–Kier alpha value is -1.95. The van der Waals surface area contributed by atoms with Crippen LogP contribution in [0.4, 0.5) is 0 Å². The summed E-state index contributed by atoms with van der Waals surface area (Å²) in [6.45, 7) is 6.28. The molecule has 0 radical (unpaired) electrons. The van der Waals surface area contributed by atoms with Crippen LogP contribution in [0.1, 0.15) is 30.4 Å². The van der Waals surface area contributed by atoms with Crippen LogP contribution in [0, 0.1) is 11.3 Å². The van der Waals surface area contributed by atoms with Gasteiger partial charge in [0.1, 0.15) is 5.75 Å². The quantitative estimate of drug-likeness (QED) is 0.834. The van der Waals surface area contributed by atoms with Crippen LogP contribution in [0.2, 0.25) is 0 Å². The summed E-state index contributed by atoms with van der Waals surface area (Å²) in [5.41, 5.74) is 2.69. The summed E-state index contributed by atoms with van der Waals surface area (Å²) in [6, 6.07) is 11.7. The smallest absolute Gasteiger partial charge is 0.115 e. The fraction of sp³-hybridized carbons (Fsp3) is 0.522. The van der Waals surface area contributed by atoms with Crippen molar-refractivity contribution in [2.45, 2.75) is 32.4 Å². The van der Waals surface area contributed by atoms with Crippen molar-refractivity contribution in [3.05, 3.63) is 59.9 Å². The third-order valence-electron chi connectivity index (χ3n) is 6.79. The molecule has 2 aliphatic rings. The van der Waals surface area contributed by atoms with Gasteiger partial charge >= 0.3 is 0 Å². The number of hydrogen-bond acceptors (Lipinski definition) is 5. The first-order valence-electron chi connectivity index (χ1n) is 10.4. The highest BCUT2D eigenvalue weighted by molar-refractivity contribution is 5.27. The molecule has 5 heteroatoms. The number of pyridine rings is 1. The number of aliphatic hydroxyl groups excluding tert-OH is 1. The van der Waals surface area contributed by atoms with Gasteiger partial charge in [-0.1, -0.05) is 18.2 Å². The first-order chi connectivity index (χ1) is 13.7. The fourth-order valence-corrected chi connectivity index (χ4v) is 5.05. The van der Waals surface area contributed by atoms with E-state index in [0.717, 1.165) is 52.1 Å². The van der Waals surface area contributed by atoms with Crippen LogP contribution < -0.4 is 0 Å². The predicted octanol–water partition coefficient (Wildman–Crippen LogP) is 2.88. The molecule has 1 aromatic heterocycles. The Morgan fingerprint density at radius 3 is 2.36 bits per heavy atom. The van der Waals surface area contributed by atoms with Crippen molar-refractivity contribution >= 4 is 0 Å². The Kier molecular flexibility index (Phi) is 5.95. The molecular weight excluding hydrogens is 350 g/mol. The third kappa shape index (κ3) is 4.37. The normalized spacial score (nSPS) is 23.1. The van der Waals surface area contributed by atoms with Gasteiger partial charge in [0.25, 0.3) is 0 Å². The summed E-state index contributed by atoms with van der Waals surface area (Å²) in [6.07, 6.45) is 7.22. The molecule has 2 aromatic rings. The van der Waals surface area contributed by atoms with Crippen LogP contribution in [0.15, 0.2) is 48.8 Å². The molecule has 4 rings (SSSR count). The Labute approximate surface area is 167 Å². The largest absolute Gasteiger partial charge is 0.508 e. The van der Waals surface area contributed by atoms with Gasteiger partial charge in [-0.15, -0.1) is 0 Å². The lowest BCUT2D eigenvalue weighted by Crippen LogP contribution is -2.53. The Morgan fingerprint density at radius 2 is 1.68 bits per heavy atom. The lowest BCUT2D eigenvalue weighted by Gasteiger charge is -2.51. The average Bonchev–Trinajstić information content (AvgIpc) is 2.72.